The molecule has 0 aliphatic carbocycles. The van der Waals surface area contributed by atoms with Gasteiger partial charge in [-0.25, -0.2) is 17.8 Å². The molecule has 3 aromatic rings. The lowest BCUT2D eigenvalue weighted by Gasteiger charge is -2.33. The van der Waals surface area contributed by atoms with Crippen LogP contribution in [0.1, 0.15) is 10.5 Å². The number of benzene rings is 2. The van der Waals surface area contributed by atoms with Gasteiger partial charge in [0.05, 0.1) is 10.4 Å². The third-order valence-electron chi connectivity index (χ3n) is 4.79. The van der Waals surface area contributed by atoms with E-state index in [0.717, 1.165) is 23.0 Å². The summed E-state index contributed by atoms with van der Waals surface area (Å²) in [6, 6.07) is 15.8. The highest BCUT2D eigenvalue weighted by Gasteiger charge is 2.30. The van der Waals surface area contributed by atoms with E-state index in [0.29, 0.717) is 5.69 Å². The first-order chi connectivity index (χ1) is 13.4. The number of fused-ring (bicyclic) bond motifs is 1. The number of carbonyl (C=O) groups excluding carboxylic acids is 1. The number of halogens is 1. The summed E-state index contributed by atoms with van der Waals surface area (Å²) in [6.45, 7) is 0.902. The van der Waals surface area contributed by atoms with E-state index in [4.69, 9.17) is 0 Å². The lowest BCUT2D eigenvalue weighted by atomic mass is 10.2. The zero-order chi connectivity index (χ0) is 19.7. The molecule has 1 fully saturated rings. The van der Waals surface area contributed by atoms with E-state index in [1.165, 1.54) is 16.4 Å². The van der Waals surface area contributed by atoms with Crippen LogP contribution in [-0.4, -0.2) is 54.7 Å². The fourth-order valence-electron chi connectivity index (χ4n) is 3.23. The lowest BCUT2D eigenvalue weighted by molar-refractivity contribution is 0.0692. The van der Waals surface area contributed by atoms with E-state index in [1.54, 1.807) is 11.0 Å². The summed E-state index contributed by atoms with van der Waals surface area (Å²) in [7, 11) is -3.71. The molecule has 0 unspecified atom stereocenters. The molecule has 4 rings (SSSR count). The quantitative estimate of drug-likeness (QED) is 0.679. The number of hydrogen-bond donors (Lipinski definition) is 0. The predicted octanol–water partition coefficient (Wildman–Crippen LogP) is 2.52. The molecule has 144 valence electrons. The number of hydrogen-bond acceptors (Lipinski definition) is 4. The van der Waals surface area contributed by atoms with E-state index in [-0.39, 0.29) is 37.0 Å². The molecule has 0 bridgehead atoms. The molecule has 1 aliphatic rings. The van der Waals surface area contributed by atoms with Crippen molar-refractivity contribution in [1.82, 2.24) is 14.2 Å². The maximum absolute atomic E-state index is 13.1. The average molecular weight is 399 g/mol. The third kappa shape index (κ3) is 3.48. The molecule has 0 saturated carbocycles. The highest BCUT2D eigenvalue weighted by atomic mass is 32.2. The first-order valence-electron chi connectivity index (χ1n) is 8.86. The normalized spacial score (nSPS) is 15.7. The minimum atomic E-state index is -3.71. The van der Waals surface area contributed by atoms with Crippen molar-refractivity contribution in [3.8, 4) is 0 Å². The van der Waals surface area contributed by atoms with Gasteiger partial charge in [0.25, 0.3) is 5.91 Å². The van der Waals surface area contributed by atoms with Crippen LogP contribution in [0.4, 0.5) is 4.39 Å². The Kier molecular flexibility index (Phi) is 4.82. The Morgan fingerprint density at radius 3 is 2.29 bits per heavy atom. The Hall–Kier alpha value is -2.84. The second kappa shape index (κ2) is 7.29. The number of nitrogens with zero attached hydrogens (tertiary/aromatic N) is 3. The van der Waals surface area contributed by atoms with E-state index < -0.39 is 15.8 Å². The Morgan fingerprint density at radius 2 is 1.57 bits per heavy atom. The highest BCUT2D eigenvalue weighted by molar-refractivity contribution is 7.89. The molecule has 0 N–H and O–H groups in total. The minimum absolute atomic E-state index is 0.0462. The molecule has 6 nitrogen and oxygen atoms in total. The first kappa shape index (κ1) is 18.5. The van der Waals surface area contributed by atoms with Gasteiger partial charge in [-0.15, -0.1) is 0 Å². The van der Waals surface area contributed by atoms with Crippen LogP contribution in [0.25, 0.3) is 10.9 Å². The SMILES string of the molecule is O=C(c1ccc2ccccc2n1)N1CCN(S(=O)(=O)c2ccc(F)cc2)CC1. The van der Waals surface area contributed by atoms with Gasteiger partial charge in [-0.05, 0) is 36.4 Å². The number of aromatic nitrogens is 1. The summed E-state index contributed by atoms with van der Waals surface area (Å²) in [5.74, 6) is -0.707. The van der Waals surface area contributed by atoms with Crippen LogP contribution < -0.4 is 0 Å². The van der Waals surface area contributed by atoms with Gasteiger partial charge in [-0.1, -0.05) is 24.3 Å². The molecule has 0 atom stereocenters. The van der Waals surface area contributed by atoms with E-state index >= 15 is 0 Å². The fourth-order valence-corrected chi connectivity index (χ4v) is 4.66. The number of sulfonamides is 1. The summed E-state index contributed by atoms with van der Waals surface area (Å²) < 4.78 is 39.7. The Balaban J connectivity index is 1.47. The summed E-state index contributed by atoms with van der Waals surface area (Å²) >= 11 is 0. The number of rotatable bonds is 3. The first-order valence-corrected chi connectivity index (χ1v) is 10.3. The fraction of sp³-hybridized carbons (Fsp3) is 0.200. The Labute approximate surface area is 162 Å². The van der Waals surface area contributed by atoms with E-state index in [9.17, 15) is 17.6 Å². The highest BCUT2D eigenvalue weighted by Crippen LogP contribution is 2.19. The summed E-state index contributed by atoms with van der Waals surface area (Å²) in [6.07, 6.45) is 0. The van der Waals surface area contributed by atoms with E-state index in [1.807, 2.05) is 30.3 Å². The van der Waals surface area contributed by atoms with Crippen molar-refractivity contribution in [2.75, 3.05) is 26.2 Å². The van der Waals surface area contributed by atoms with Crippen LogP contribution in [0.5, 0.6) is 0 Å². The smallest absolute Gasteiger partial charge is 0.272 e. The zero-order valence-electron chi connectivity index (χ0n) is 15.0. The van der Waals surface area contributed by atoms with Crippen LogP contribution in [0, 0.1) is 5.82 Å². The molecule has 1 aromatic heterocycles. The second-order valence-electron chi connectivity index (χ2n) is 6.54. The van der Waals surface area contributed by atoms with Gasteiger partial charge in [-0.2, -0.15) is 4.31 Å². The van der Waals surface area contributed by atoms with Crippen LogP contribution in [0.3, 0.4) is 0 Å². The van der Waals surface area contributed by atoms with Gasteiger partial charge >= 0.3 is 0 Å². The third-order valence-corrected chi connectivity index (χ3v) is 6.71. The number of amides is 1. The van der Waals surface area contributed by atoms with Crippen molar-refractivity contribution in [2.24, 2.45) is 0 Å². The summed E-state index contributed by atoms with van der Waals surface area (Å²) in [5, 5.41) is 0.953. The molecule has 8 heteroatoms. The van der Waals surface area contributed by atoms with Crippen molar-refractivity contribution >= 4 is 26.8 Å². The van der Waals surface area contributed by atoms with Gasteiger partial charge in [0.2, 0.25) is 10.0 Å². The van der Waals surface area contributed by atoms with Crippen molar-refractivity contribution in [2.45, 2.75) is 4.90 Å². The molecule has 28 heavy (non-hydrogen) atoms. The van der Waals surface area contributed by atoms with Crippen molar-refractivity contribution in [3.05, 3.63) is 72.2 Å². The second-order valence-corrected chi connectivity index (χ2v) is 8.48. The van der Waals surface area contributed by atoms with Crippen LogP contribution in [-0.2, 0) is 10.0 Å². The molecule has 2 aromatic carbocycles. The molecule has 1 aliphatic heterocycles. The molecular formula is C20H18FN3O3S. The zero-order valence-corrected chi connectivity index (χ0v) is 15.8. The van der Waals surface area contributed by atoms with Crippen LogP contribution in [0.2, 0.25) is 0 Å². The van der Waals surface area contributed by atoms with Gasteiger partial charge in [0.1, 0.15) is 11.5 Å². The van der Waals surface area contributed by atoms with Gasteiger partial charge in [0.15, 0.2) is 0 Å². The number of para-hydroxylation sites is 1. The standard InChI is InChI=1S/C20H18FN3O3S/c21-16-6-8-17(9-7-16)28(26,27)24-13-11-23(12-14-24)20(25)19-10-5-15-3-1-2-4-18(15)22-19/h1-10H,11-14H2. The lowest BCUT2D eigenvalue weighted by Crippen LogP contribution is -2.50. The Bertz CT molecular complexity index is 1120. The van der Waals surface area contributed by atoms with Gasteiger partial charge in [0, 0.05) is 31.6 Å². The van der Waals surface area contributed by atoms with Crippen molar-refractivity contribution in [3.63, 3.8) is 0 Å². The van der Waals surface area contributed by atoms with E-state index in [2.05, 4.69) is 4.98 Å². The average Bonchev–Trinajstić information content (AvgIpc) is 2.73. The molecule has 1 amide bonds. The topological polar surface area (TPSA) is 70.6 Å². The molecular weight excluding hydrogens is 381 g/mol. The van der Waals surface area contributed by atoms with Crippen LogP contribution >= 0.6 is 0 Å². The number of piperazine rings is 1. The van der Waals surface area contributed by atoms with Gasteiger partial charge in [-0.3, -0.25) is 4.79 Å². The molecule has 0 spiro atoms. The maximum Gasteiger partial charge on any atom is 0.272 e. The molecule has 1 saturated heterocycles. The minimum Gasteiger partial charge on any atom is -0.335 e. The maximum atomic E-state index is 13.1. The number of carbonyl (C=O) groups is 1. The molecule has 2 heterocycles. The van der Waals surface area contributed by atoms with Gasteiger partial charge < -0.3 is 4.90 Å². The van der Waals surface area contributed by atoms with Crippen molar-refractivity contribution < 1.29 is 17.6 Å². The van der Waals surface area contributed by atoms with Crippen molar-refractivity contribution in [1.29, 1.82) is 0 Å². The molecule has 0 radical (unpaired) electrons. The predicted molar refractivity (Wildman–Crippen MR) is 103 cm³/mol. The monoisotopic (exact) mass is 399 g/mol. The summed E-state index contributed by atoms with van der Waals surface area (Å²) in [4.78, 5) is 18.8. The largest absolute Gasteiger partial charge is 0.335 e. The number of pyridine rings is 1. The Morgan fingerprint density at radius 1 is 0.893 bits per heavy atom. The van der Waals surface area contributed by atoms with Crippen LogP contribution in [0.15, 0.2) is 65.6 Å². The summed E-state index contributed by atoms with van der Waals surface area (Å²) in [5.41, 5.74) is 1.08.